The number of ketones is 2. The zero-order valence-corrected chi connectivity index (χ0v) is 15.2. The Hall–Kier alpha value is -2.48. The highest BCUT2D eigenvalue weighted by Gasteiger charge is 2.07. The Labute approximate surface area is 145 Å². The molecule has 1 rings (SSSR count). The molecule has 0 spiro atoms. The van der Waals surface area contributed by atoms with Crippen molar-refractivity contribution >= 4 is 17.6 Å². The van der Waals surface area contributed by atoms with Crippen molar-refractivity contribution in [1.29, 1.82) is 0 Å². The minimum atomic E-state index is -0.111. The number of carbonyl (C=O) groups excluding carboxylic acids is 2. The average Bonchev–Trinajstić information content (AvgIpc) is 2.52. The molecule has 0 aliphatic heterocycles. The predicted octanol–water partition coefficient (Wildman–Crippen LogP) is 5.33. The van der Waals surface area contributed by atoms with Gasteiger partial charge in [0.05, 0.1) is 0 Å². The Morgan fingerprint density at radius 2 is 1.50 bits per heavy atom. The molecule has 0 fully saturated rings. The highest BCUT2D eigenvalue weighted by Crippen LogP contribution is 2.13. The van der Waals surface area contributed by atoms with E-state index in [1.807, 2.05) is 31.2 Å². The molecule has 0 aliphatic carbocycles. The minimum absolute atomic E-state index is 0.0922. The first-order valence-corrected chi connectivity index (χ1v) is 8.13. The zero-order valence-electron chi connectivity index (χ0n) is 15.2. The molecule has 1 atom stereocenters. The maximum atomic E-state index is 12.2. The van der Waals surface area contributed by atoms with E-state index in [4.69, 9.17) is 0 Å². The molecule has 2 heteroatoms. The molecule has 1 aromatic rings. The maximum absolute atomic E-state index is 12.2. The second-order valence-electron chi connectivity index (χ2n) is 6.13. The van der Waals surface area contributed by atoms with Gasteiger partial charge in [0, 0.05) is 5.57 Å². The largest absolute Gasteiger partial charge is 0.295 e. The molecule has 0 amide bonds. The fraction of sp³-hybridized carbons (Fsp3) is 0.273. The second-order valence-corrected chi connectivity index (χ2v) is 6.13. The van der Waals surface area contributed by atoms with Gasteiger partial charge in [-0.15, -0.1) is 0 Å². The van der Waals surface area contributed by atoms with Crippen LogP contribution < -0.4 is 0 Å². The van der Waals surface area contributed by atoms with Crippen molar-refractivity contribution in [3.05, 3.63) is 76.9 Å². The fourth-order valence-corrected chi connectivity index (χ4v) is 2.43. The van der Waals surface area contributed by atoms with E-state index in [-0.39, 0.29) is 17.5 Å². The predicted molar refractivity (Wildman–Crippen MR) is 102 cm³/mol. The van der Waals surface area contributed by atoms with E-state index in [9.17, 15) is 9.59 Å². The molecule has 1 unspecified atom stereocenters. The molecular weight excluding hydrogens is 296 g/mol. The van der Waals surface area contributed by atoms with Crippen molar-refractivity contribution in [2.24, 2.45) is 5.92 Å². The number of Topliss-reactive ketones (excluding diaryl/α,β-unsaturated/α-hetero) is 1. The fourth-order valence-electron chi connectivity index (χ4n) is 2.43. The van der Waals surface area contributed by atoms with Crippen LogP contribution in [-0.4, -0.2) is 11.6 Å². The van der Waals surface area contributed by atoms with Gasteiger partial charge in [-0.3, -0.25) is 9.59 Å². The van der Waals surface area contributed by atoms with Gasteiger partial charge in [0.25, 0.3) is 0 Å². The molecule has 0 saturated carbocycles. The Morgan fingerprint density at radius 3 is 2.08 bits per heavy atom. The quantitative estimate of drug-likeness (QED) is 0.502. The van der Waals surface area contributed by atoms with Gasteiger partial charge in [0.15, 0.2) is 11.6 Å². The van der Waals surface area contributed by atoms with Gasteiger partial charge in [-0.25, -0.2) is 0 Å². The molecule has 0 bridgehead atoms. The lowest BCUT2D eigenvalue weighted by Crippen LogP contribution is -2.03. The number of carbonyl (C=O) groups is 2. The summed E-state index contributed by atoms with van der Waals surface area (Å²) in [5.41, 5.74) is 3.31. The number of rotatable bonds is 7. The summed E-state index contributed by atoms with van der Waals surface area (Å²) in [6.45, 7) is 8.98. The normalized spacial score (nSPS) is 14.8. The van der Waals surface area contributed by atoms with Crippen molar-refractivity contribution < 1.29 is 9.59 Å². The molecule has 0 aromatic heterocycles. The van der Waals surface area contributed by atoms with Crippen molar-refractivity contribution in [3.8, 4) is 0 Å². The minimum Gasteiger partial charge on any atom is -0.295 e. The molecule has 0 aliphatic rings. The summed E-state index contributed by atoms with van der Waals surface area (Å²) in [6, 6.07) is 10.2. The van der Waals surface area contributed by atoms with Gasteiger partial charge < -0.3 is 0 Å². The molecule has 126 valence electrons. The lowest BCUT2D eigenvalue weighted by Gasteiger charge is -2.04. The van der Waals surface area contributed by atoms with Crippen molar-refractivity contribution in [2.45, 2.75) is 34.6 Å². The van der Waals surface area contributed by atoms with Crippen LogP contribution in [-0.2, 0) is 9.59 Å². The van der Waals surface area contributed by atoms with Crippen molar-refractivity contribution in [3.63, 3.8) is 0 Å². The molecule has 0 saturated heterocycles. The number of benzene rings is 1. The molecule has 0 heterocycles. The van der Waals surface area contributed by atoms with Crippen LogP contribution in [0.25, 0.3) is 6.08 Å². The third-order valence-electron chi connectivity index (χ3n) is 3.50. The summed E-state index contributed by atoms with van der Waals surface area (Å²) in [5.74, 6) is 0.0595. The smallest absolute Gasteiger partial charge is 0.184 e. The SMILES string of the molecule is CC(=O)C=C(C)C(=O)C(C)=CC(C)=CC(C)C=Cc1ccccc1. The van der Waals surface area contributed by atoms with E-state index in [0.29, 0.717) is 11.1 Å². The van der Waals surface area contributed by atoms with Crippen LogP contribution >= 0.6 is 0 Å². The molecular formula is C22H26O2. The molecule has 0 radical (unpaired) electrons. The average molecular weight is 322 g/mol. The highest BCUT2D eigenvalue weighted by atomic mass is 16.1. The van der Waals surface area contributed by atoms with Crippen LogP contribution in [0.1, 0.15) is 40.2 Å². The Kier molecular flexibility index (Phi) is 7.84. The molecule has 2 nitrogen and oxygen atoms in total. The van der Waals surface area contributed by atoms with Gasteiger partial charge in [-0.1, -0.05) is 67.1 Å². The lowest BCUT2D eigenvalue weighted by atomic mass is 10.0. The molecule has 1 aromatic carbocycles. The second kappa shape index (κ2) is 9.61. The number of allylic oxidation sites excluding steroid dienone is 7. The van der Waals surface area contributed by atoms with Gasteiger partial charge in [-0.05, 0) is 50.8 Å². The summed E-state index contributed by atoms with van der Waals surface area (Å²) < 4.78 is 0. The number of hydrogen-bond acceptors (Lipinski definition) is 2. The first-order valence-electron chi connectivity index (χ1n) is 8.13. The van der Waals surface area contributed by atoms with Crippen LogP contribution in [0.4, 0.5) is 0 Å². The lowest BCUT2D eigenvalue weighted by molar-refractivity contribution is -0.114. The third kappa shape index (κ3) is 7.19. The van der Waals surface area contributed by atoms with E-state index in [0.717, 1.165) is 5.57 Å². The van der Waals surface area contributed by atoms with Crippen LogP contribution in [0.15, 0.2) is 71.4 Å². The van der Waals surface area contributed by atoms with E-state index < -0.39 is 0 Å². The summed E-state index contributed by atoms with van der Waals surface area (Å²) in [4.78, 5) is 23.3. The topological polar surface area (TPSA) is 34.1 Å². The van der Waals surface area contributed by atoms with Gasteiger partial charge in [0.2, 0.25) is 0 Å². The van der Waals surface area contributed by atoms with Crippen molar-refractivity contribution in [1.82, 2.24) is 0 Å². The van der Waals surface area contributed by atoms with Crippen LogP contribution in [0.5, 0.6) is 0 Å². The Balaban J connectivity index is 2.79. The van der Waals surface area contributed by atoms with Gasteiger partial charge in [0.1, 0.15) is 0 Å². The number of hydrogen-bond donors (Lipinski definition) is 0. The van der Waals surface area contributed by atoms with Crippen LogP contribution in [0.3, 0.4) is 0 Å². The third-order valence-corrected chi connectivity index (χ3v) is 3.50. The van der Waals surface area contributed by atoms with E-state index in [1.165, 1.54) is 18.6 Å². The summed E-state index contributed by atoms with van der Waals surface area (Å²) in [5, 5.41) is 0. The molecule has 24 heavy (non-hydrogen) atoms. The Bertz CT molecular complexity index is 701. The van der Waals surface area contributed by atoms with E-state index in [1.54, 1.807) is 13.8 Å². The standard InChI is InChI=1S/C22H26O2/c1-16(11-12-21-9-7-6-8-10-21)13-17(2)14-18(3)22(24)19(4)15-20(5)23/h6-16H,1-5H3. The van der Waals surface area contributed by atoms with Gasteiger partial charge >= 0.3 is 0 Å². The van der Waals surface area contributed by atoms with E-state index in [2.05, 4.69) is 37.3 Å². The molecule has 0 N–H and O–H groups in total. The van der Waals surface area contributed by atoms with Crippen LogP contribution in [0.2, 0.25) is 0 Å². The van der Waals surface area contributed by atoms with Crippen LogP contribution in [0, 0.1) is 5.92 Å². The first kappa shape index (κ1) is 19.6. The summed E-state index contributed by atoms with van der Waals surface area (Å²) in [6.07, 6.45) is 9.58. The highest BCUT2D eigenvalue weighted by molar-refractivity contribution is 6.10. The summed E-state index contributed by atoms with van der Waals surface area (Å²) >= 11 is 0. The maximum Gasteiger partial charge on any atom is 0.184 e. The van der Waals surface area contributed by atoms with Gasteiger partial charge in [-0.2, -0.15) is 0 Å². The summed E-state index contributed by atoms with van der Waals surface area (Å²) in [7, 11) is 0. The van der Waals surface area contributed by atoms with Crippen molar-refractivity contribution in [2.75, 3.05) is 0 Å². The van der Waals surface area contributed by atoms with E-state index >= 15 is 0 Å². The first-order chi connectivity index (χ1) is 11.3. The Morgan fingerprint density at radius 1 is 0.917 bits per heavy atom. The zero-order chi connectivity index (χ0) is 18.1. The monoisotopic (exact) mass is 322 g/mol.